The van der Waals surface area contributed by atoms with Gasteiger partial charge >= 0.3 is 5.69 Å². The van der Waals surface area contributed by atoms with Crippen molar-refractivity contribution >= 4 is 22.3 Å². The fraction of sp³-hybridized carbons (Fsp3) is 0.375. The van der Waals surface area contributed by atoms with Crippen LogP contribution in [0.5, 0.6) is 0 Å². The summed E-state index contributed by atoms with van der Waals surface area (Å²) in [6.45, 7) is 13.0. The van der Waals surface area contributed by atoms with E-state index in [0.29, 0.717) is 12.5 Å². The molecule has 3 aromatic carbocycles. The number of nitrogens with zero attached hydrogens (tertiary/aromatic N) is 4. The van der Waals surface area contributed by atoms with Crippen LogP contribution in [0.15, 0.2) is 65.5 Å². The lowest BCUT2D eigenvalue weighted by Gasteiger charge is -2.39. The van der Waals surface area contributed by atoms with Crippen LogP contribution < -0.4 is 20.8 Å². The molecule has 1 atom stereocenters. The molecule has 6 nitrogen and oxygen atoms in total. The van der Waals surface area contributed by atoms with Crippen molar-refractivity contribution in [1.29, 1.82) is 0 Å². The van der Waals surface area contributed by atoms with E-state index in [2.05, 4.69) is 97.4 Å². The lowest BCUT2D eigenvalue weighted by Crippen LogP contribution is -2.52. The number of fused-ring (bicyclic) bond motifs is 2. The molecule has 2 aliphatic heterocycles. The van der Waals surface area contributed by atoms with Crippen LogP contribution in [0, 0.1) is 6.92 Å². The minimum absolute atomic E-state index is 0.187. The average Bonchev–Trinajstić information content (AvgIpc) is 2.92. The molecule has 0 saturated carbocycles. The van der Waals surface area contributed by atoms with Crippen LogP contribution in [-0.2, 0) is 13.0 Å². The van der Waals surface area contributed by atoms with E-state index in [4.69, 9.17) is 4.98 Å². The largest absolute Gasteiger partial charge is 0.365 e. The van der Waals surface area contributed by atoms with Crippen LogP contribution >= 0.6 is 0 Å². The molecule has 6 heteroatoms. The predicted octanol–water partition coefficient (Wildman–Crippen LogP) is 5.18. The highest BCUT2D eigenvalue weighted by atomic mass is 16.1. The van der Waals surface area contributed by atoms with Gasteiger partial charge in [-0.05, 0) is 54.8 Å². The van der Waals surface area contributed by atoms with Crippen LogP contribution in [-0.4, -0.2) is 41.8 Å². The van der Waals surface area contributed by atoms with Gasteiger partial charge < -0.3 is 15.1 Å². The van der Waals surface area contributed by atoms with Crippen molar-refractivity contribution in [2.24, 2.45) is 0 Å². The molecule has 1 aromatic heterocycles. The van der Waals surface area contributed by atoms with Gasteiger partial charge in [-0.25, -0.2) is 4.79 Å². The molecule has 38 heavy (non-hydrogen) atoms. The summed E-state index contributed by atoms with van der Waals surface area (Å²) < 4.78 is 1.91. The van der Waals surface area contributed by atoms with Gasteiger partial charge in [-0.15, -0.1) is 0 Å². The lowest BCUT2D eigenvalue weighted by atomic mass is 9.97. The number of nitrogens with one attached hydrogen (secondary N) is 1. The third-order valence-corrected chi connectivity index (χ3v) is 8.26. The van der Waals surface area contributed by atoms with E-state index in [-0.39, 0.29) is 11.7 Å². The van der Waals surface area contributed by atoms with Gasteiger partial charge in [0.05, 0.1) is 17.9 Å². The summed E-state index contributed by atoms with van der Waals surface area (Å²) in [5.74, 6) is 1.17. The molecule has 196 valence electrons. The van der Waals surface area contributed by atoms with Crippen molar-refractivity contribution in [2.45, 2.75) is 52.6 Å². The fourth-order valence-corrected chi connectivity index (χ4v) is 6.31. The minimum atomic E-state index is -0.187. The van der Waals surface area contributed by atoms with Gasteiger partial charge in [-0.2, -0.15) is 4.98 Å². The summed E-state index contributed by atoms with van der Waals surface area (Å²) in [5, 5.41) is 6.02. The molecule has 6 rings (SSSR count). The number of aromatic nitrogens is 2. The molecular formula is C32H37N5O. The van der Waals surface area contributed by atoms with E-state index in [1.807, 2.05) is 10.6 Å². The van der Waals surface area contributed by atoms with Crippen molar-refractivity contribution < 1.29 is 0 Å². The summed E-state index contributed by atoms with van der Waals surface area (Å²) in [7, 11) is 0. The van der Waals surface area contributed by atoms with Crippen LogP contribution in [0.25, 0.3) is 16.5 Å². The van der Waals surface area contributed by atoms with Gasteiger partial charge in [-0.3, -0.25) is 4.57 Å². The third-order valence-electron chi connectivity index (χ3n) is 8.26. The number of hydrogen-bond donors (Lipinski definition) is 1. The molecule has 1 N–H and O–H groups in total. The molecule has 0 spiro atoms. The van der Waals surface area contributed by atoms with E-state index in [0.717, 1.165) is 49.8 Å². The number of hydrogen-bond acceptors (Lipinski definition) is 5. The number of para-hydroxylation sites is 1. The monoisotopic (exact) mass is 507 g/mol. The molecule has 0 radical (unpaired) electrons. The van der Waals surface area contributed by atoms with Crippen LogP contribution in [0.2, 0.25) is 0 Å². The number of benzene rings is 3. The van der Waals surface area contributed by atoms with E-state index in [1.54, 1.807) is 0 Å². The zero-order valence-corrected chi connectivity index (χ0v) is 22.9. The first-order valence-corrected chi connectivity index (χ1v) is 13.9. The Balaban J connectivity index is 1.56. The van der Waals surface area contributed by atoms with Gasteiger partial charge in [0.2, 0.25) is 0 Å². The first-order valence-electron chi connectivity index (χ1n) is 13.9. The molecule has 0 aliphatic carbocycles. The van der Waals surface area contributed by atoms with E-state index < -0.39 is 0 Å². The Labute approximate surface area is 224 Å². The van der Waals surface area contributed by atoms with Crippen LogP contribution in [0.3, 0.4) is 0 Å². The Kier molecular flexibility index (Phi) is 6.44. The maximum absolute atomic E-state index is 13.9. The molecule has 1 saturated heterocycles. The number of piperazine rings is 1. The van der Waals surface area contributed by atoms with Crippen molar-refractivity contribution in [3.8, 4) is 5.69 Å². The second-order valence-electron chi connectivity index (χ2n) is 11.1. The zero-order chi connectivity index (χ0) is 26.4. The Morgan fingerprint density at radius 2 is 1.74 bits per heavy atom. The Bertz CT molecular complexity index is 1550. The van der Waals surface area contributed by atoms with Gasteiger partial charge in [0.1, 0.15) is 5.82 Å². The Hall–Kier alpha value is -3.64. The zero-order valence-electron chi connectivity index (χ0n) is 22.9. The summed E-state index contributed by atoms with van der Waals surface area (Å²) in [5.41, 5.74) is 6.72. The standard InChI is InChI=1S/C32H37N5O/c1-21(2)25-12-5-6-13-27(25)37-29-20-35(28-14-8-11-24-10-7-9-22(3)30(24)28)17-15-26(29)31(34-32(37)38)36-18-16-33-19-23(36)4/h5-14,21,23,33H,15-20H2,1-4H3. The number of rotatable bonds is 4. The molecule has 2 aliphatic rings. The minimum Gasteiger partial charge on any atom is -0.365 e. The number of aryl methyl sites for hydroxylation is 1. The van der Waals surface area contributed by atoms with Gasteiger partial charge in [0, 0.05) is 48.9 Å². The first kappa shape index (κ1) is 24.7. The van der Waals surface area contributed by atoms with E-state index in [1.165, 1.54) is 33.2 Å². The highest BCUT2D eigenvalue weighted by Crippen LogP contribution is 2.36. The van der Waals surface area contributed by atoms with Crippen molar-refractivity contribution in [1.82, 2.24) is 14.9 Å². The maximum atomic E-state index is 13.9. The normalized spacial score (nSPS) is 17.8. The fourth-order valence-electron chi connectivity index (χ4n) is 6.31. The van der Waals surface area contributed by atoms with Crippen LogP contribution in [0.1, 0.15) is 49.1 Å². The van der Waals surface area contributed by atoms with Crippen molar-refractivity contribution in [3.63, 3.8) is 0 Å². The predicted molar refractivity (Wildman–Crippen MR) is 157 cm³/mol. The SMILES string of the molecule is Cc1cccc2cccc(N3CCc4c(N5CCNCC5C)nc(=O)n(-c5ccccc5C(C)C)c4C3)c12. The Morgan fingerprint density at radius 1 is 0.974 bits per heavy atom. The van der Waals surface area contributed by atoms with Crippen molar-refractivity contribution in [3.05, 3.63) is 93.5 Å². The second kappa shape index (κ2) is 9.91. The summed E-state index contributed by atoms with van der Waals surface area (Å²) in [4.78, 5) is 23.5. The molecule has 0 amide bonds. The average molecular weight is 508 g/mol. The highest BCUT2D eigenvalue weighted by molar-refractivity contribution is 5.97. The molecule has 1 unspecified atom stereocenters. The summed E-state index contributed by atoms with van der Waals surface area (Å²) in [6.07, 6.45) is 0.848. The van der Waals surface area contributed by atoms with Crippen molar-refractivity contribution in [2.75, 3.05) is 36.0 Å². The van der Waals surface area contributed by atoms with E-state index in [9.17, 15) is 4.79 Å². The Morgan fingerprint density at radius 3 is 2.53 bits per heavy atom. The third kappa shape index (κ3) is 4.17. The molecular weight excluding hydrogens is 470 g/mol. The maximum Gasteiger partial charge on any atom is 0.354 e. The number of anilines is 2. The smallest absolute Gasteiger partial charge is 0.354 e. The van der Waals surface area contributed by atoms with E-state index >= 15 is 0 Å². The summed E-state index contributed by atoms with van der Waals surface area (Å²) in [6, 6.07) is 21.7. The summed E-state index contributed by atoms with van der Waals surface area (Å²) >= 11 is 0. The van der Waals surface area contributed by atoms with Gasteiger partial charge in [0.25, 0.3) is 0 Å². The molecule has 0 bridgehead atoms. The quantitative estimate of drug-likeness (QED) is 0.413. The second-order valence-corrected chi connectivity index (χ2v) is 11.1. The molecule has 4 aromatic rings. The first-order chi connectivity index (χ1) is 18.4. The highest BCUT2D eigenvalue weighted by Gasteiger charge is 2.31. The topological polar surface area (TPSA) is 53.4 Å². The molecule has 3 heterocycles. The lowest BCUT2D eigenvalue weighted by molar-refractivity contribution is 0.492. The van der Waals surface area contributed by atoms with Crippen LogP contribution in [0.4, 0.5) is 11.5 Å². The molecule has 1 fully saturated rings. The van der Waals surface area contributed by atoms with Gasteiger partial charge in [0.15, 0.2) is 0 Å². The van der Waals surface area contributed by atoms with Gasteiger partial charge in [-0.1, -0.05) is 62.4 Å².